The molecule has 1 radical (unpaired) electrons. The molecule has 0 spiro atoms. The minimum atomic E-state index is -0.0977. The SMILES string of the molecule is CNC(=CN(N)c1ccc2n1[B]N1C(=C2c2ccc(NC(C)=O)cc2)C=CC1=[N+](C)Cc1ccccc1)CN(C)Cc1ccccc1. The normalized spacial score (nSPS) is 14.9. The molecule has 0 atom stereocenters. The number of amidine groups is 1. The number of hydrogen-bond donors (Lipinski definition) is 3. The molecule has 10 heteroatoms. The Morgan fingerprint density at radius 3 is 2.28 bits per heavy atom. The van der Waals surface area contributed by atoms with Crippen LogP contribution in [0.1, 0.15) is 29.3 Å². The van der Waals surface area contributed by atoms with Crippen LogP contribution in [-0.2, 0) is 17.9 Å². The van der Waals surface area contributed by atoms with Gasteiger partial charge in [0.25, 0.3) is 5.84 Å². The molecule has 1 amide bonds. The third kappa shape index (κ3) is 7.09. The number of allylic oxidation sites excluding steroid dienone is 1. The molecule has 47 heavy (non-hydrogen) atoms. The first-order valence-electron chi connectivity index (χ1n) is 15.7. The molecule has 237 valence electrons. The summed E-state index contributed by atoms with van der Waals surface area (Å²) in [6.45, 7) is 3.80. The van der Waals surface area contributed by atoms with Crippen molar-refractivity contribution in [3.8, 4) is 0 Å². The van der Waals surface area contributed by atoms with E-state index in [9.17, 15) is 4.79 Å². The van der Waals surface area contributed by atoms with Gasteiger partial charge in [-0.15, -0.1) is 0 Å². The van der Waals surface area contributed by atoms with E-state index in [-0.39, 0.29) is 5.91 Å². The first kappa shape index (κ1) is 31.7. The van der Waals surface area contributed by atoms with Crippen LogP contribution in [0.4, 0.5) is 11.5 Å². The molecule has 0 unspecified atom stereocenters. The third-order valence-corrected chi connectivity index (χ3v) is 8.30. The van der Waals surface area contributed by atoms with E-state index in [1.807, 2.05) is 37.5 Å². The predicted molar refractivity (Wildman–Crippen MR) is 191 cm³/mol. The molecular formula is C37H41BN8O+. The number of anilines is 2. The first-order valence-corrected chi connectivity index (χ1v) is 15.7. The highest BCUT2D eigenvalue weighted by Gasteiger charge is 2.40. The van der Waals surface area contributed by atoms with Crippen LogP contribution in [0.25, 0.3) is 5.57 Å². The summed E-state index contributed by atoms with van der Waals surface area (Å²) in [7, 11) is 8.25. The molecule has 2 aliphatic rings. The Morgan fingerprint density at radius 1 is 0.936 bits per heavy atom. The third-order valence-electron chi connectivity index (χ3n) is 8.30. The van der Waals surface area contributed by atoms with Crippen molar-refractivity contribution in [3.05, 3.63) is 149 Å². The number of aromatic nitrogens is 1. The van der Waals surface area contributed by atoms with Gasteiger partial charge in [0.15, 0.2) is 0 Å². The second-order valence-electron chi connectivity index (χ2n) is 12.0. The van der Waals surface area contributed by atoms with Crippen LogP contribution >= 0.6 is 0 Å². The van der Waals surface area contributed by atoms with Gasteiger partial charge in [-0.1, -0.05) is 72.8 Å². The molecule has 6 rings (SSSR count). The van der Waals surface area contributed by atoms with E-state index in [1.54, 1.807) is 5.01 Å². The highest BCUT2D eigenvalue weighted by molar-refractivity contribution is 6.41. The number of benzene rings is 3. The first-order chi connectivity index (χ1) is 22.8. The summed E-state index contributed by atoms with van der Waals surface area (Å²) in [6.07, 6.45) is 6.28. The van der Waals surface area contributed by atoms with Crippen LogP contribution in [0.15, 0.2) is 127 Å². The molecule has 3 heterocycles. The minimum absolute atomic E-state index is 0.0977. The number of amides is 1. The maximum Gasteiger partial charge on any atom is 0.553 e. The second kappa shape index (κ2) is 14.0. The second-order valence-corrected chi connectivity index (χ2v) is 12.0. The van der Waals surface area contributed by atoms with E-state index in [4.69, 9.17) is 5.84 Å². The van der Waals surface area contributed by atoms with E-state index in [0.29, 0.717) is 6.54 Å². The molecule has 4 aromatic rings. The summed E-state index contributed by atoms with van der Waals surface area (Å²) in [6, 6.07) is 33.1. The summed E-state index contributed by atoms with van der Waals surface area (Å²) < 4.78 is 4.39. The Labute approximate surface area is 277 Å². The monoisotopic (exact) mass is 624 g/mol. The van der Waals surface area contributed by atoms with E-state index in [2.05, 4.69) is 136 Å². The van der Waals surface area contributed by atoms with Gasteiger partial charge in [0.05, 0.1) is 7.05 Å². The van der Waals surface area contributed by atoms with Crippen LogP contribution in [0.2, 0.25) is 0 Å². The van der Waals surface area contributed by atoms with Crippen molar-refractivity contribution >= 4 is 36.4 Å². The average molecular weight is 625 g/mol. The fourth-order valence-corrected chi connectivity index (χ4v) is 6.11. The van der Waals surface area contributed by atoms with E-state index in [1.165, 1.54) is 18.1 Å². The lowest BCUT2D eigenvalue weighted by atomic mass is 9.91. The summed E-state index contributed by atoms with van der Waals surface area (Å²) in [5, 5.41) is 7.89. The van der Waals surface area contributed by atoms with Crippen molar-refractivity contribution in [2.24, 2.45) is 5.84 Å². The summed E-state index contributed by atoms with van der Waals surface area (Å²) in [5.74, 6) is 8.58. The van der Waals surface area contributed by atoms with Crippen LogP contribution in [0.3, 0.4) is 0 Å². The summed E-state index contributed by atoms with van der Waals surface area (Å²) in [5.41, 5.74) is 8.43. The van der Waals surface area contributed by atoms with Crippen LogP contribution in [0, 0.1) is 0 Å². The van der Waals surface area contributed by atoms with Gasteiger partial charge in [-0.05, 0) is 54.1 Å². The number of rotatable bonds is 11. The number of nitrogens with zero attached hydrogens (tertiary/aromatic N) is 5. The molecule has 0 fully saturated rings. The van der Waals surface area contributed by atoms with E-state index >= 15 is 0 Å². The smallest absolute Gasteiger partial charge is 0.389 e. The number of nitrogens with two attached hydrogens (primary N) is 1. The lowest BCUT2D eigenvalue weighted by molar-refractivity contribution is -0.516. The molecule has 9 nitrogen and oxygen atoms in total. The summed E-state index contributed by atoms with van der Waals surface area (Å²) >= 11 is 0. The number of carbonyl (C=O) groups excluding carboxylic acids is 1. The lowest BCUT2D eigenvalue weighted by Gasteiger charge is -2.28. The molecular weight excluding hydrogens is 583 g/mol. The average Bonchev–Trinajstić information content (AvgIpc) is 3.69. The van der Waals surface area contributed by atoms with Crippen molar-refractivity contribution in [2.45, 2.75) is 20.0 Å². The largest absolute Gasteiger partial charge is 0.553 e. The maximum absolute atomic E-state index is 11.7. The van der Waals surface area contributed by atoms with Gasteiger partial charge < -0.3 is 15.1 Å². The summed E-state index contributed by atoms with van der Waals surface area (Å²) in [4.78, 5) is 16.1. The quantitative estimate of drug-likeness (QED) is 0.0981. The molecule has 0 bridgehead atoms. The highest BCUT2D eigenvalue weighted by Crippen LogP contribution is 2.38. The number of nitrogens with one attached hydrogen (secondary N) is 2. The molecule has 0 aliphatic carbocycles. The number of fused-ring (bicyclic) bond motifs is 2. The van der Waals surface area contributed by atoms with E-state index < -0.39 is 0 Å². The Morgan fingerprint density at radius 2 is 1.62 bits per heavy atom. The number of likely N-dealkylation sites (N-methyl/N-ethyl adjacent to an activating group) is 2. The molecule has 0 saturated carbocycles. The van der Waals surface area contributed by atoms with Gasteiger partial charge in [0, 0.05) is 62.0 Å². The fourth-order valence-electron chi connectivity index (χ4n) is 6.11. The van der Waals surface area contributed by atoms with Crippen LogP contribution in [-0.4, -0.2) is 65.7 Å². The van der Waals surface area contributed by atoms with Crippen molar-refractivity contribution in [2.75, 3.05) is 38.0 Å². The van der Waals surface area contributed by atoms with Crippen molar-refractivity contribution < 1.29 is 9.37 Å². The highest BCUT2D eigenvalue weighted by atomic mass is 16.1. The Bertz CT molecular complexity index is 1860. The Balaban J connectivity index is 1.34. The van der Waals surface area contributed by atoms with Gasteiger partial charge in [-0.25, -0.2) is 5.84 Å². The molecule has 4 N–H and O–H groups in total. The molecule has 1 aromatic heterocycles. The maximum atomic E-state index is 11.7. The standard InChI is InChI=1S/C37H40BN8O/c1-27(47)41-31-17-15-30(16-18-31)37-33-19-21-35(43(4)24-29-13-9-6-10-14-29)45(33)38-46-34(37)20-22-36(46)44(39)26-32(40-2)25-42(3)23-28-11-7-5-8-12-28/h5-22,26,40H,23-25,39H2,1-4H3/p+1. The number of carbonyl (C=O) groups is 1. The predicted octanol–water partition coefficient (Wildman–Crippen LogP) is 4.59. The lowest BCUT2D eigenvalue weighted by Crippen LogP contribution is -2.43. The topological polar surface area (TPSA) is 84.8 Å². The van der Waals surface area contributed by atoms with Gasteiger partial charge in [0.2, 0.25) is 5.91 Å². The van der Waals surface area contributed by atoms with Crippen LogP contribution in [0.5, 0.6) is 0 Å². The Hall–Kier alpha value is -5.32. The zero-order valence-corrected chi connectivity index (χ0v) is 27.4. The van der Waals surface area contributed by atoms with Crippen LogP contribution < -0.4 is 21.5 Å². The van der Waals surface area contributed by atoms with Crippen molar-refractivity contribution in [3.63, 3.8) is 0 Å². The van der Waals surface area contributed by atoms with E-state index in [0.717, 1.165) is 58.7 Å². The molecule has 2 aliphatic heterocycles. The van der Waals surface area contributed by atoms with Crippen molar-refractivity contribution in [1.82, 2.24) is 19.5 Å². The fraction of sp³-hybridized carbons (Fsp3) is 0.189. The Kier molecular flexibility index (Phi) is 9.42. The minimum Gasteiger partial charge on any atom is -0.389 e. The number of hydrazine groups is 1. The zero-order valence-electron chi connectivity index (χ0n) is 27.4. The van der Waals surface area contributed by atoms with Gasteiger partial charge >= 0.3 is 7.55 Å². The van der Waals surface area contributed by atoms with Gasteiger partial charge in [-0.2, -0.15) is 0 Å². The molecule has 0 saturated heterocycles. The number of hydrogen-bond acceptors (Lipinski definition) is 5. The zero-order chi connectivity index (χ0) is 32.9. The molecule has 3 aromatic carbocycles. The van der Waals surface area contributed by atoms with Crippen molar-refractivity contribution in [1.29, 1.82) is 0 Å². The van der Waals surface area contributed by atoms with Gasteiger partial charge in [0.1, 0.15) is 18.1 Å². The van der Waals surface area contributed by atoms with Gasteiger partial charge in [-0.3, -0.25) is 24.1 Å².